The predicted molar refractivity (Wildman–Crippen MR) is 67.6 cm³/mol. The third kappa shape index (κ3) is 2.80. The van der Waals surface area contributed by atoms with Crippen molar-refractivity contribution in [2.45, 2.75) is 39.3 Å². The summed E-state index contributed by atoms with van der Waals surface area (Å²) in [5, 5.41) is 2.76. The lowest BCUT2D eigenvalue weighted by atomic mass is 9.91. The summed E-state index contributed by atoms with van der Waals surface area (Å²) in [4.78, 5) is 25.8. The summed E-state index contributed by atoms with van der Waals surface area (Å²) in [6.07, 6.45) is 1.67. The SMILES string of the molecule is CC(C)C1C(=O)NC(C)(C)C(=O)N1C/C=C/Cl. The van der Waals surface area contributed by atoms with Crippen molar-refractivity contribution in [3.8, 4) is 0 Å². The van der Waals surface area contributed by atoms with Crippen LogP contribution in [0.1, 0.15) is 27.7 Å². The van der Waals surface area contributed by atoms with Gasteiger partial charge in [0.2, 0.25) is 11.8 Å². The monoisotopic (exact) mass is 258 g/mol. The Morgan fingerprint density at radius 2 is 2.06 bits per heavy atom. The third-order valence-corrected chi connectivity index (χ3v) is 3.04. The molecule has 96 valence electrons. The second-order valence-corrected chi connectivity index (χ2v) is 5.37. The number of amides is 2. The Morgan fingerprint density at radius 1 is 1.47 bits per heavy atom. The van der Waals surface area contributed by atoms with Crippen molar-refractivity contribution in [1.82, 2.24) is 10.2 Å². The van der Waals surface area contributed by atoms with Crippen LogP contribution in [0.15, 0.2) is 11.6 Å². The van der Waals surface area contributed by atoms with Crippen molar-refractivity contribution in [2.75, 3.05) is 6.54 Å². The number of nitrogens with one attached hydrogen (secondary N) is 1. The van der Waals surface area contributed by atoms with Crippen LogP contribution < -0.4 is 5.32 Å². The van der Waals surface area contributed by atoms with Gasteiger partial charge in [0.15, 0.2) is 0 Å². The van der Waals surface area contributed by atoms with Crippen LogP contribution in [0.4, 0.5) is 0 Å². The normalized spacial score (nSPS) is 24.6. The Hall–Kier alpha value is -1.03. The van der Waals surface area contributed by atoms with Crippen molar-refractivity contribution in [2.24, 2.45) is 5.92 Å². The van der Waals surface area contributed by atoms with Crippen LogP contribution in [0.3, 0.4) is 0 Å². The van der Waals surface area contributed by atoms with E-state index in [9.17, 15) is 9.59 Å². The maximum atomic E-state index is 12.2. The van der Waals surface area contributed by atoms with E-state index in [-0.39, 0.29) is 17.7 Å². The fraction of sp³-hybridized carbons (Fsp3) is 0.667. The minimum absolute atomic E-state index is 0.0683. The van der Waals surface area contributed by atoms with E-state index in [1.165, 1.54) is 5.54 Å². The largest absolute Gasteiger partial charge is 0.340 e. The minimum Gasteiger partial charge on any atom is -0.340 e. The molecule has 0 aromatic rings. The maximum absolute atomic E-state index is 12.2. The van der Waals surface area contributed by atoms with Crippen LogP contribution in [-0.4, -0.2) is 34.8 Å². The summed E-state index contributed by atoms with van der Waals surface area (Å²) < 4.78 is 0. The molecule has 0 aliphatic carbocycles. The predicted octanol–water partition coefficient (Wildman–Crippen LogP) is 1.50. The van der Waals surface area contributed by atoms with Gasteiger partial charge in [-0.05, 0) is 19.8 Å². The summed E-state index contributed by atoms with van der Waals surface area (Å²) >= 11 is 5.48. The second-order valence-electron chi connectivity index (χ2n) is 5.12. The Balaban J connectivity index is 3.04. The van der Waals surface area contributed by atoms with Gasteiger partial charge in [-0.2, -0.15) is 0 Å². The van der Waals surface area contributed by atoms with E-state index < -0.39 is 11.6 Å². The molecule has 1 N–H and O–H groups in total. The van der Waals surface area contributed by atoms with Crippen LogP contribution in [-0.2, 0) is 9.59 Å². The molecule has 1 unspecified atom stereocenters. The van der Waals surface area contributed by atoms with E-state index in [0.717, 1.165) is 0 Å². The second kappa shape index (κ2) is 5.08. The standard InChI is InChI=1S/C12H19ClN2O2/c1-8(2)9-10(16)14-12(3,4)11(17)15(9)7-5-6-13/h5-6,8-9H,7H2,1-4H3,(H,14,16)/b6-5+. The maximum Gasteiger partial charge on any atom is 0.248 e. The average Bonchev–Trinajstić information content (AvgIpc) is 2.19. The van der Waals surface area contributed by atoms with Gasteiger partial charge in [0.05, 0.1) is 0 Å². The Morgan fingerprint density at radius 3 is 2.53 bits per heavy atom. The highest BCUT2D eigenvalue weighted by Crippen LogP contribution is 2.22. The first-order valence-corrected chi connectivity index (χ1v) is 6.13. The Labute approximate surface area is 107 Å². The van der Waals surface area contributed by atoms with Gasteiger partial charge in [0, 0.05) is 12.1 Å². The molecule has 2 amide bonds. The topological polar surface area (TPSA) is 49.4 Å². The number of rotatable bonds is 3. The molecule has 4 nitrogen and oxygen atoms in total. The molecule has 1 atom stereocenters. The average molecular weight is 259 g/mol. The van der Waals surface area contributed by atoms with Crippen molar-refractivity contribution < 1.29 is 9.59 Å². The van der Waals surface area contributed by atoms with Crippen LogP contribution >= 0.6 is 11.6 Å². The fourth-order valence-electron chi connectivity index (χ4n) is 2.07. The van der Waals surface area contributed by atoms with Gasteiger partial charge in [-0.25, -0.2) is 0 Å². The Kier molecular flexibility index (Phi) is 4.20. The summed E-state index contributed by atoms with van der Waals surface area (Å²) in [5.41, 5.74) is 0.521. The zero-order valence-corrected chi connectivity index (χ0v) is 11.4. The first-order chi connectivity index (χ1) is 7.81. The molecule has 0 aromatic heterocycles. The molecule has 0 saturated carbocycles. The number of carbonyl (C=O) groups is 2. The van der Waals surface area contributed by atoms with E-state index >= 15 is 0 Å². The first-order valence-electron chi connectivity index (χ1n) is 5.69. The lowest BCUT2D eigenvalue weighted by Crippen LogP contribution is -2.69. The van der Waals surface area contributed by atoms with E-state index in [4.69, 9.17) is 11.6 Å². The van der Waals surface area contributed by atoms with E-state index in [0.29, 0.717) is 6.54 Å². The molecule has 1 fully saturated rings. The highest BCUT2D eigenvalue weighted by molar-refractivity contribution is 6.25. The van der Waals surface area contributed by atoms with Gasteiger partial charge >= 0.3 is 0 Å². The molecule has 1 saturated heterocycles. The zero-order chi connectivity index (χ0) is 13.2. The Bertz CT molecular complexity index is 350. The summed E-state index contributed by atoms with van der Waals surface area (Å²) in [5.74, 6) is -0.114. The number of carbonyl (C=O) groups excluding carboxylic acids is 2. The molecule has 1 aliphatic heterocycles. The lowest BCUT2D eigenvalue weighted by Gasteiger charge is -2.43. The number of hydrogen-bond acceptors (Lipinski definition) is 2. The summed E-state index contributed by atoms with van der Waals surface area (Å²) in [7, 11) is 0. The number of hydrogen-bond donors (Lipinski definition) is 1. The van der Waals surface area contributed by atoms with Gasteiger partial charge in [0.25, 0.3) is 0 Å². The minimum atomic E-state index is -0.845. The van der Waals surface area contributed by atoms with Crippen molar-refractivity contribution in [3.63, 3.8) is 0 Å². The molecule has 17 heavy (non-hydrogen) atoms. The van der Waals surface area contributed by atoms with Crippen LogP contribution in [0.25, 0.3) is 0 Å². The first kappa shape index (κ1) is 14.0. The smallest absolute Gasteiger partial charge is 0.248 e. The highest BCUT2D eigenvalue weighted by atomic mass is 35.5. The molecule has 0 aromatic carbocycles. The van der Waals surface area contributed by atoms with Crippen molar-refractivity contribution in [1.29, 1.82) is 0 Å². The van der Waals surface area contributed by atoms with Gasteiger partial charge in [-0.1, -0.05) is 31.5 Å². The van der Waals surface area contributed by atoms with Gasteiger partial charge in [0.1, 0.15) is 11.6 Å². The number of halogens is 1. The van der Waals surface area contributed by atoms with E-state index in [1.54, 1.807) is 24.8 Å². The van der Waals surface area contributed by atoms with Gasteiger partial charge in [-0.3, -0.25) is 9.59 Å². The molecule has 1 rings (SSSR count). The molecular formula is C12H19ClN2O2. The number of piperazine rings is 1. The van der Waals surface area contributed by atoms with Gasteiger partial charge in [-0.15, -0.1) is 0 Å². The molecule has 0 spiro atoms. The highest BCUT2D eigenvalue weighted by Gasteiger charge is 2.45. The number of nitrogens with zero attached hydrogens (tertiary/aromatic N) is 1. The van der Waals surface area contributed by atoms with E-state index in [2.05, 4.69) is 5.32 Å². The fourth-order valence-corrected chi connectivity index (χ4v) is 2.15. The zero-order valence-electron chi connectivity index (χ0n) is 10.7. The molecule has 1 heterocycles. The third-order valence-electron chi connectivity index (χ3n) is 2.86. The van der Waals surface area contributed by atoms with Crippen LogP contribution in [0, 0.1) is 5.92 Å². The van der Waals surface area contributed by atoms with Crippen LogP contribution in [0.5, 0.6) is 0 Å². The lowest BCUT2D eigenvalue weighted by molar-refractivity contribution is -0.154. The quantitative estimate of drug-likeness (QED) is 0.834. The molecule has 0 bridgehead atoms. The van der Waals surface area contributed by atoms with E-state index in [1.807, 2.05) is 13.8 Å². The van der Waals surface area contributed by atoms with Crippen LogP contribution in [0.2, 0.25) is 0 Å². The van der Waals surface area contributed by atoms with Crippen molar-refractivity contribution in [3.05, 3.63) is 11.6 Å². The summed E-state index contributed by atoms with van der Waals surface area (Å²) in [6, 6.07) is -0.427. The molecular weight excluding hydrogens is 240 g/mol. The summed E-state index contributed by atoms with van der Waals surface area (Å²) in [6.45, 7) is 7.63. The molecule has 5 heteroatoms. The van der Waals surface area contributed by atoms with Gasteiger partial charge < -0.3 is 10.2 Å². The van der Waals surface area contributed by atoms with Crippen molar-refractivity contribution >= 4 is 23.4 Å². The molecule has 1 aliphatic rings. The molecule has 0 radical (unpaired) electrons.